The molecule has 5 nitrogen and oxygen atoms in total. The Hall–Kier alpha value is -1.46. The molecule has 0 atom stereocenters. The van der Waals surface area contributed by atoms with Gasteiger partial charge in [-0.15, -0.1) is 0 Å². The van der Waals surface area contributed by atoms with Crippen LogP contribution < -0.4 is 10.6 Å². The van der Waals surface area contributed by atoms with Gasteiger partial charge in [-0.2, -0.15) is 0 Å². The topological polar surface area (TPSA) is 74.2 Å². The van der Waals surface area contributed by atoms with Gasteiger partial charge < -0.3 is 15.7 Å². The highest BCUT2D eigenvalue weighted by molar-refractivity contribution is 5.92. The van der Waals surface area contributed by atoms with E-state index in [1.165, 1.54) is 5.56 Å². The van der Waals surface area contributed by atoms with Crippen molar-refractivity contribution in [3.63, 3.8) is 0 Å². The minimum Gasteiger partial charge on any atom is -0.396 e. The average Bonchev–Trinajstić information content (AvgIpc) is 2.84. The van der Waals surface area contributed by atoms with E-state index in [4.69, 9.17) is 0 Å². The number of hydrogen-bond acceptors (Lipinski definition) is 4. The van der Waals surface area contributed by atoms with Gasteiger partial charge in [0.25, 0.3) is 5.91 Å². The van der Waals surface area contributed by atoms with E-state index < -0.39 is 0 Å². The van der Waals surface area contributed by atoms with Crippen molar-refractivity contribution in [3.8, 4) is 0 Å². The first-order valence-electron chi connectivity index (χ1n) is 6.80. The number of nitrogens with one attached hydrogen (secondary N) is 2. The number of carbonyl (C=O) groups excluding carboxylic acids is 1. The molecule has 3 rings (SSSR count). The molecule has 1 fully saturated rings. The molecule has 5 heteroatoms. The fourth-order valence-corrected chi connectivity index (χ4v) is 2.73. The fourth-order valence-electron chi connectivity index (χ4n) is 2.73. The maximum Gasteiger partial charge on any atom is 0.269 e. The number of hydrogen-bond donors (Lipinski definition) is 3. The molecule has 0 aromatic carbocycles. The number of pyridine rings is 1. The maximum atomic E-state index is 12.1. The van der Waals surface area contributed by atoms with Crippen molar-refractivity contribution < 1.29 is 9.90 Å². The number of fused-ring (bicyclic) bond motifs is 1. The van der Waals surface area contributed by atoms with E-state index in [1.807, 2.05) is 6.07 Å². The van der Waals surface area contributed by atoms with E-state index in [-0.39, 0.29) is 17.9 Å². The number of rotatable bonds is 4. The van der Waals surface area contributed by atoms with E-state index in [9.17, 15) is 9.90 Å². The zero-order valence-corrected chi connectivity index (χ0v) is 10.9. The summed E-state index contributed by atoms with van der Waals surface area (Å²) in [5.41, 5.74) is 2.70. The van der Waals surface area contributed by atoms with Crippen molar-refractivity contribution >= 4 is 5.91 Å². The molecular weight excluding hydrogens is 242 g/mol. The molecule has 1 aromatic heterocycles. The van der Waals surface area contributed by atoms with E-state index in [0.29, 0.717) is 12.2 Å². The van der Waals surface area contributed by atoms with Gasteiger partial charge in [-0.05, 0) is 30.0 Å². The number of aliphatic hydroxyl groups excluding tert-OH is 1. The van der Waals surface area contributed by atoms with Gasteiger partial charge >= 0.3 is 0 Å². The highest BCUT2D eigenvalue weighted by Crippen LogP contribution is 2.39. The van der Waals surface area contributed by atoms with E-state index >= 15 is 0 Å². The molecule has 0 spiro atoms. The Morgan fingerprint density at radius 3 is 2.89 bits per heavy atom. The largest absolute Gasteiger partial charge is 0.396 e. The molecule has 0 radical (unpaired) electrons. The lowest BCUT2D eigenvalue weighted by atomic mass is 9.69. The van der Waals surface area contributed by atoms with Gasteiger partial charge in [0.2, 0.25) is 0 Å². The van der Waals surface area contributed by atoms with Gasteiger partial charge in [0.1, 0.15) is 5.69 Å². The third-order valence-electron chi connectivity index (χ3n) is 4.32. The minimum atomic E-state index is -0.144. The van der Waals surface area contributed by atoms with E-state index in [0.717, 1.165) is 37.9 Å². The normalized spacial score (nSPS) is 19.6. The van der Waals surface area contributed by atoms with Gasteiger partial charge in [0.15, 0.2) is 0 Å². The van der Waals surface area contributed by atoms with Crippen LogP contribution in [0.3, 0.4) is 0 Å². The molecule has 3 N–H and O–H groups in total. The molecule has 0 saturated heterocycles. The van der Waals surface area contributed by atoms with Crippen LogP contribution in [0.2, 0.25) is 0 Å². The highest BCUT2D eigenvalue weighted by atomic mass is 16.3. The summed E-state index contributed by atoms with van der Waals surface area (Å²) in [6.45, 7) is 2.32. The molecule has 102 valence electrons. The number of aromatic nitrogens is 1. The minimum absolute atomic E-state index is 0.0893. The number of carbonyl (C=O) groups is 1. The first-order chi connectivity index (χ1) is 9.22. The predicted molar refractivity (Wildman–Crippen MR) is 70.5 cm³/mol. The number of aliphatic hydroxyl groups is 1. The molecule has 0 bridgehead atoms. The Labute approximate surface area is 112 Å². The van der Waals surface area contributed by atoms with Crippen LogP contribution in [0.1, 0.15) is 40.9 Å². The lowest BCUT2D eigenvalue weighted by Crippen LogP contribution is -2.44. The zero-order valence-electron chi connectivity index (χ0n) is 10.9. The Morgan fingerprint density at radius 1 is 1.42 bits per heavy atom. The molecular formula is C14H19N3O2. The standard InChI is InChI=1S/C14H19N3O2/c18-9-14(2-1-3-14)8-17-13(19)12-4-10-5-15-6-11(10)7-16-12/h4,7,15,18H,1-3,5-6,8-9H2,(H,17,19). The summed E-state index contributed by atoms with van der Waals surface area (Å²) in [7, 11) is 0. The quantitative estimate of drug-likeness (QED) is 0.741. The van der Waals surface area contributed by atoms with Crippen LogP contribution in [0.4, 0.5) is 0 Å². The summed E-state index contributed by atoms with van der Waals surface area (Å²) in [6.07, 6.45) is 4.89. The number of amides is 1. The molecule has 19 heavy (non-hydrogen) atoms. The lowest BCUT2D eigenvalue weighted by molar-refractivity contribution is 0.0428. The summed E-state index contributed by atoms with van der Waals surface area (Å²) < 4.78 is 0. The lowest BCUT2D eigenvalue weighted by Gasteiger charge is -2.40. The summed E-state index contributed by atoms with van der Waals surface area (Å²) in [5.74, 6) is -0.144. The summed E-state index contributed by atoms with van der Waals surface area (Å²) in [4.78, 5) is 16.3. The van der Waals surface area contributed by atoms with Gasteiger partial charge in [0.05, 0.1) is 6.61 Å². The van der Waals surface area contributed by atoms with Gasteiger partial charge in [0, 0.05) is 31.2 Å². The first kappa shape index (κ1) is 12.6. The van der Waals surface area contributed by atoms with E-state index in [2.05, 4.69) is 15.6 Å². The molecule has 1 amide bonds. The van der Waals surface area contributed by atoms with Gasteiger partial charge in [-0.1, -0.05) is 6.42 Å². The zero-order chi connectivity index (χ0) is 13.3. The third-order valence-corrected chi connectivity index (χ3v) is 4.32. The van der Waals surface area contributed by atoms with Crippen LogP contribution in [-0.2, 0) is 13.1 Å². The van der Waals surface area contributed by atoms with Crippen molar-refractivity contribution in [2.45, 2.75) is 32.4 Å². The predicted octanol–water partition coefficient (Wildman–Crippen LogP) is 0.577. The first-order valence-corrected chi connectivity index (χ1v) is 6.80. The van der Waals surface area contributed by atoms with Crippen molar-refractivity contribution in [1.29, 1.82) is 0 Å². The molecule has 1 aliphatic heterocycles. The summed E-state index contributed by atoms with van der Waals surface area (Å²) >= 11 is 0. The van der Waals surface area contributed by atoms with Crippen LogP contribution in [0, 0.1) is 5.41 Å². The van der Waals surface area contributed by atoms with E-state index in [1.54, 1.807) is 6.20 Å². The van der Waals surface area contributed by atoms with Crippen molar-refractivity contribution in [2.24, 2.45) is 5.41 Å². The van der Waals surface area contributed by atoms with Crippen LogP contribution in [0.5, 0.6) is 0 Å². The highest BCUT2D eigenvalue weighted by Gasteiger charge is 2.36. The molecule has 1 aliphatic carbocycles. The Kier molecular flexibility index (Phi) is 3.24. The smallest absolute Gasteiger partial charge is 0.269 e. The Balaban J connectivity index is 1.64. The fraction of sp³-hybridized carbons (Fsp3) is 0.571. The van der Waals surface area contributed by atoms with Crippen molar-refractivity contribution in [1.82, 2.24) is 15.6 Å². The van der Waals surface area contributed by atoms with Gasteiger partial charge in [-0.3, -0.25) is 9.78 Å². The molecule has 1 saturated carbocycles. The molecule has 2 aliphatic rings. The molecule has 2 heterocycles. The van der Waals surface area contributed by atoms with Crippen molar-refractivity contribution in [2.75, 3.05) is 13.2 Å². The second-order valence-electron chi connectivity index (χ2n) is 5.64. The molecule has 0 unspecified atom stereocenters. The monoisotopic (exact) mass is 261 g/mol. The summed E-state index contributed by atoms with van der Waals surface area (Å²) in [6, 6.07) is 1.86. The second kappa shape index (κ2) is 4.90. The Morgan fingerprint density at radius 2 is 2.21 bits per heavy atom. The Bertz CT molecular complexity index is 492. The maximum absolute atomic E-state index is 12.1. The average molecular weight is 261 g/mol. The number of nitrogens with zero attached hydrogens (tertiary/aromatic N) is 1. The third kappa shape index (κ3) is 2.35. The van der Waals surface area contributed by atoms with Crippen molar-refractivity contribution in [3.05, 3.63) is 29.1 Å². The summed E-state index contributed by atoms with van der Waals surface area (Å²) in [5, 5.41) is 15.5. The van der Waals surface area contributed by atoms with Crippen LogP contribution in [-0.4, -0.2) is 29.1 Å². The van der Waals surface area contributed by atoms with Crippen LogP contribution in [0.15, 0.2) is 12.3 Å². The SMILES string of the molecule is O=C(NCC1(CO)CCC1)c1cc2c(cn1)CNC2. The van der Waals surface area contributed by atoms with Crippen LogP contribution in [0.25, 0.3) is 0 Å². The molecule has 1 aromatic rings. The van der Waals surface area contributed by atoms with Crippen LogP contribution >= 0.6 is 0 Å². The van der Waals surface area contributed by atoms with Gasteiger partial charge in [-0.25, -0.2) is 0 Å². The second-order valence-corrected chi connectivity index (χ2v) is 5.64.